The lowest BCUT2D eigenvalue weighted by Gasteiger charge is -2.16. The molecule has 0 aliphatic rings. The van der Waals surface area contributed by atoms with E-state index in [0.717, 1.165) is 5.56 Å². The van der Waals surface area contributed by atoms with E-state index in [1.54, 1.807) is 25.1 Å². The van der Waals surface area contributed by atoms with Crippen molar-refractivity contribution < 1.29 is 13.2 Å². The molecule has 0 aromatic heterocycles. The average molecular weight is 347 g/mol. The Labute approximate surface area is 142 Å². The molecule has 3 N–H and O–H groups in total. The van der Waals surface area contributed by atoms with E-state index < -0.39 is 10.0 Å². The summed E-state index contributed by atoms with van der Waals surface area (Å²) in [7, 11) is -2.15. The van der Waals surface area contributed by atoms with E-state index in [2.05, 4.69) is 15.4 Å². The molecular formula is C17H21N3O3S. The van der Waals surface area contributed by atoms with Crippen molar-refractivity contribution in [2.24, 2.45) is 0 Å². The Morgan fingerprint density at radius 3 is 2.46 bits per heavy atom. The van der Waals surface area contributed by atoms with Crippen molar-refractivity contribution in [3.8, 4) is 0 Å². The first-order valence-corrected chi connectivity index (χ1v) is 9.02. The van der Waals surface area contributed by atoms with Gasteiger partial charge in [-0.05, 0) is 37.2 Å². The number of rotatable bonds is 6. The van der Waals surface area contributed by atoms with Crippen LogP contribution in [0.25, 0.3) is 0 Å². The van der Waals surface area contributed by atoms with Crippen LogP contribution in [0.1, 0.15) is 24.1 Å². The van der Waals surface area contributed by atoms with Gasteiger partial charge in [0.15, 0.2) is 0 Å². The number of amides is 2. The third kappa shape index (κ3) is 4.81. The van der Waals surface area contributed by atoms with Crippen LogP contribution >= 0.6 is 0 Å². The Balaban J connectivity index is 1.98. The second-order valence-corrected chi connectivity index (χ2v) is 7.20. The molecule has 0 spiro atoms. The van der Waals surface area contributed by atoms with Gasteiger partial charge in [0.2, 0.25) is 10.0 Å². The number of hydrogen-bond donors (Lipinski definition) is 3. The Morgan fingerprint density at radius 2 is 1.79 bits per heavy atom. The summed E-state index contributed by atoms with van der Waals surface area (Å²) in [5.74, 6) is 0. The van der Waals surface area contributed by atoms with Gasteiger partial charge in [0, 0.05) is 6.54 Å². The number of carbonyl (C=O) groups is 1. The van der Waals surface area contributed by atoms with Crippen molar-refractivity contribution in [3.63, 3.8) is 0 Å². The van der Waals surface area contributed by atoms with Gasteiger partial charge in [-0.2, -0.15) is 0 Å². The van der Waals surface area contributed by atoms with E-state index in [1.165, 1.54) is 13.1 Å². The highest BCUT2D eigenvalue weighted by Crippen LogP contribution is 2.17. The molecule has 1 unspecified atom stereocenters. The largest absolute Gasteiger partial charge is 0.334 e. The summed E-state index contributed by atoms with van der Waals surface area (Å²) in [6.45, 7) is 2.22. The lowest BCUT2D eigenvalue weighted by molar-refractivity contribution is 0.237. The smallest absolute Gasteiger partial charge is 0.315 e. The third-order valence-corrected chi connectivity index (χ3v) is 4.99. The van der Waals surface area contributed by atoms with E-state index in [1.807, 2.05) is 30.3 Å². The van der Waals surface area contributed by atoms with Crippen LogP contribution < -0.4 is 15.4 Å². The molecular weight excluding hydrogens is 326 g/mol. The zero-order valence-electron chi connectivity index (χ0n) is 13.6. The predicted molar refractivity (Wildman–Crippen MR) is 92.9 cm³/mol. The van der Waals surface area contributed by atoms with Crippen molar-refractivity contribution in [1.82, 2.24) is 15.4 Å². The van der Waals surface area contributed by atoms with Gasteiger partial charge in [0.1, 0.15) is 0 Å². The Morgan fingerprint density at radius 1 is 1.08 bits per heavy atom. The molecule has 2 aromatic rings. The van der Waals surface area contributed by atoms with Gasteiger partial charge in [-0.25, -0.2) is 17.9 Å². The maximum Gasteiger partial charge on any atom is 0.315 e. The molecule has 0 saturated carbocycles. The van der Waals surface area contributed by atoms with Crippen molar-refractivity contribution >= 4 is 16.1 Å². The molecule has 0 fully saturated rings. The number of benzene rings is 2. The fraction of sp³-hybridized carbons (Fsp3) is 0.235. The van der Waals surface area contributed by atoms with Crippen molar-refractivity contribution in [2.75, 3.05) is 7.05 Å². The van der Waals surface area contributed by atoms with Gasteiger partial charge in [-0.3, -0.25) is 0 Å². The molecule has 24 heavy (non-hydrogen) atoms. The molecule has 0 aliphatic heterocycles. The molecule has 2 amide bonds. The maximum absolute atomic E-state index is 12.0. The van der Waals surface area contributed by atoms with Crippen LogP contribution in [-0.2, 0) is 16.6 Å². The fourth-order valence-corrected chi connectivity index (χ4v) is 2.96. The third-order valence-electron chi connectivity index (χ3n) is 3.58. The van der Waals surface area contributed by atoms with Crippen LogP contribution in [0.5, 0.6) is 0 Å². The second-order valence-electron chi connectivity index (χ2n) is 5.31. The summed E-state index contributed by atoms with van der Waals surface area (Å²) in [5.41, 5.74) is 1.71. The standard InChI is InChI=1S/C17H21N3O3S/c1-13(15-9-6-10-16(11-15)24(22,23)18-2)20-17(21)19-12-14-7-4-3-5-8-14/h3-11,13,18H,12H2,1-2H3,(H2,19,20,21). The van der Waals surface area contributed by atoms with E-state index in [9.17, 15) is 13.2 Å². The summed E-state index contributed by atoms with van der Waals surface area (Å²) in [6, 6.07) is 15.4. The molecule has 2 rings (SSSR count). The molecule has 6 nitrogen and oxygen atoms in total. The normalized spacial score (nSPS) is 12.4. The van der Waals surface area contributed by atoms with E-state index in [-0.39, 0.29) is 17.0 Å². The van der Waals surface area contributed by atoms with Gasteiger partial charge in [-0.15, -0.1) is 0 Å². The van der Waals surface area contributed by atoms with E-state index in [4.69, 9.17) is 0 Å². The molecule has 0 saturated heterocycles. The van der Waals surface area contributed by atoms with Gasteiger partial charge in [0.05, 0.1) is 10.9 Å². The molecule has 0 aliphatic carbocycles. The summed E-state index contributed by atoms with van der Waals surface area (Å²) in [4.78, 5) is 12.2. The zero-order chi connectivity index (χ0) is 17.6. The van der Waals surface area contributed by atoms with Crippen LogP contribution in [0.15, 0.2) is 59.5 Å². The number of hydrogen-bond acceptors (Lipinski definition) is 3. The lowest BCUT2D eigenvalue weighted by Crippen LogP contribution is -2.36. The molecule has 0 bridgehead atoms. The Kier molecular flexibility index (Phi) is 5.94. The van der Waals surface area contributed by atoms with E-state index in [0.29, 0.717) is 12.1 Å². The minimum absolute atomic E-state index is 0.167. The van der Waals surface area contributed by atoms with E-state index >= 15 is 0 Å². The summed E-state index contributed by atoms with van der Waals surface area (Å²) < 4.78 is 26.0. The predicted octanol–water partition coefficient (Wildman–Crippen LogP) is 2.16. The number of carbonyl (C=O) groups excluding carboxylic acids is 1. The lowest BCUT2D eigenvalue weighted by atomic mass is 10.1. The van der Waals surface area contributed by atoms with Crippen LogP contribution in [0.2, 0.25) is 0 Å². The highest BCUT2D eigenvalue weighted by molar-refractivity contribution is 7.89. The minimum atomic E-state index is -3.51. The molecule has 0 heterocycles. The Bertz CT molecular complexity index is 792. The first-order chi connectivity index (χ1) is 11.4. The topological polar surface area (TPSA) is 87.3 Å². The highest BCUT2D eigenvalue weighted by Gasteiger charge is 2.15. The minimum Gasteiger partial charge on any atom is -0.334 e. The van der Waals surface area contributed by atoms with Gasteiger partial charge in [-0.1, -0.05) is 42.5 Å². The summed E-state index contributed by atoms with van der Waals surface area (Å²) in [6.07, 6.45) is 0. The van der Waals surface area contributed by atoms with Crippen molar-refractivity contribution in [1.29, 1.82) is 0 Å². The summed E-state index contributed by atoms with van der Waals surface area (Å²) in [5, 5.41) is 5.57. The number of nitrogens with one attached hydrogen (secondary N) is 3. The van der Waals surface area contributed by atoms with Crippen LogP contribution in [0, 0.1) is 0 Å². The molecule has 7 heteroatoms. The first kappa shape index (κ1) is 18.0. The molecule has 128 valence electrons. The van der Waals surface area contributed by atoms with Crippen LogP contribution in [0.4, 0.5) is 4.79 Å². The van der Waals surface area contributed by atoms with Crippen LogP contribution in [0.3, 0.4) is 0 Å². The first-order valence-electron chi connectivity index (χ1n) is 7.54. The number of urea groups is 1. The fourth-order valence-electron chi connectivity index (χ4n) is 2.18. The number of sulfonamides is 1. The Hall–Kier alpha value is -2.38. The SMILES string of the molecule is CNS(=O)(=O)c1cccc(C(C)NC(=O)NCc2ccccc2)c1. The average Bonchev–Trinajstić information content (AvgIpc) is 2.61. The van der Waals surface area contributed by atoms with Crippen molar-refractivity contribution in [2.45, 2.75) is 24.4 Å². The zero-order valence-corrected chi connectivity index (χ0v) is 14.4. The van der Waals surface area contributed by atoms with Gasteiger partial charge >= 0.3 is 6.03 Å². The molecule has 1 atom stereocenters. The van der Waals surface area contributed by atoms with Gasteiger partial charge in [0.25, 0.3) is 0 Å². The monoisotopic (exact) mass is 347 g/mol. The summed E-state index contributed by atoms with van der Waals surface area (Å²) >= 11 is 0. The second kappa shape index (κ2) is 7.94. The molecule has 2 aromatic carbocycles. The van der Waals surface area contributed by atoms with Crippen molar-refractivity contribution in [3.05, 3.63) is 65.7 Å². The van der Waals surface area contributed by atoms with Crippen LogP contribution in [-0.4, -0.2) is 21.5 Å². The maximum atomic E-state index is 12.0. The highest BCUT2D eigenvalue weighted by atomic mass is 32.2. The quantitative estimate of drug-likeness (QED) is 0.748. The van der Waals surface area contributed by atoms with Gasteiger partial charge < -0.3 is 10.6 Å². The molecule has 0 radical (unpaired) electrons.